The topological polar surface area (TPSA) is 73.6 Å². The van der Waals surface area contributed by atoms with Crippen LogP contribution in [-0.2, 0) is 0 Å². The molecule has 0 aliphatic rings. The van der Waals surface area contributed by atoms with E-state index in [1.54, 1.807) is 18.2 Å². The van der Waals surface area contributed by atoms with Crippen molar-refractivity contribution in [3.63, 3.8) is 0 Å². The molecule has 2 N–H and O–H groups in total. The van der Waals surface area contributed by atoms with Crippen molar-refractivity contribution in [2.45, 2.75) is 12.8 Å². The highest BCUT2D eigenvalue weighted by Gasteiger charge is 2.02. The second-order valence-corrected chi connectivity index (χ2v) is 2.83. The first kappa shape index (κ1) is 12.7. The van der Waals surface area contributed by atoms with E-state index in [2.05, 4.69) is 13.2 Å². The van der Waals surface area contributed by atoms with E-state index in [4.69, 9.17) is 16.3 Å². The summed E-state index contributed by atoms with van der Waals surface area (Å²) < 4.78 is 0. The summed E-state index contributed by atoms with van der Waals surface area (Å²) in [5, 5.41) is 17.4. The Kier molecular flexibility index (Phi) is 6.09. The second kappa shape index (κ2) is 7.17. The van der Waals surface area contributed by atoms with Gasteiger partial charge in [-0.2, -0.15) is 10.5 Å². The molecule has 15 heavy (non-hydrogen) atoms. The largest absolute Gasteiger partial charge is 0.402 e. The van der Waals surface area contributed by atoms with Crippen LogP contribution in [0.3, 0.4) is 0 Å². The average Bonchev–Trinajstić information content (AvgIpc) is 2.20. The molecular formula is C12H13N3. The minimum absolute atomic E-state index is 0.0712. The predicted octanol–water partition coefficient (Wildman–Crippen LogP) is 2.32. The lowest BCUT2D eigenvalue weighted by molar-refractivity contribution is 1.14. The maximum absolute atomic E-state index is 8.71. The fourth-order valence-corrected chi connectivity index (χ4v) is 1.01. The Balaban J connectivity index is 5.17. The van der Waals surface area contributed by atoms with Crippen molar-refractivity contribution in [1.29, 1.82) is 10.5 Å². The molecule has 0 unspecified atom stereocenters. The van der Waals surface area contributed by atoms with E-state index in [9.17, 15) is 0 Å². The Hall–Kier alpha value is -2.26. The van der Waals surface area contributed by atoms with Crippen LogP contribution < -0.4 is 5.73 Å². The van der Waals surface area contributed by atoms with Gasteiger partial charge in [0.2, 0.25) is 0 Å². The summed E-state index contributed by atoms with van der Waals surface area (Å²) in [5.41, 5.74) is 6.90. The molecule has 0 saturated carbocycles. The minimum Gasteiger partial charge on any atom is -0.402 e. The van der Waals surface area contributed by atoms with Crippen molar-refractivity contribution in [3.8, 4) is 12.1 Å². The Morgan fingerprint density at radius 1 is 1.13 bits per heavy atom. The molecule has 3 nitrogen and oxygen atoms in total. The van der Waals surface area contributed by atoms with E-state index in [1.807, 2.05) is 12.1 Å². The molecule has 0 saturated heterocycles. The number of nitrogens with zero attached hydrogens (tertiary/aromatic N) is 2. The fourth-order valence-electron chi connectivity index (χ4n) is 1.01. The smallest absolute Gasteiger partial charge is 0.133 e. The minimum atomic E-state index is 0.0712. The van der Waals surface area contributed by atoms with E-state index in [1.165, 1.54) is 0 Å². The molecule has 76 valence electrons. The first-order valence-corrected chi connectivity index (χ1v) is 4.40. The Morgan fingerprint density at radius 2 is 1.67 bits per heavy atom. The van der Waals surface area contributed by atoms with Crippen LogP contribution in [-0.4, -0.2) is 0 Å². The number of hydrogen-bond donors (Lipinski definition) is 1. The lowest BCUT2D eigenvalue weighted by atomic mass is 10.0. The van der Waals surface area contributed by atoms with Gasteiger partial charge in [-0.3, -0.25) is 0 Å². The zero-order valence-electron chi connectivity index (χ0n) is 8.53. The quantitative estimate of drug-likeness (QED) is 0.419. The maximum Gasteiger partial charge on any atom is 0.133 e. The zero-order chi connectivity index (χ0) is 11.7. The van der Waals surface area contributed by atoms with Gasteiger partial charge in [0.1, 0.15) is 17.7 Å². The van der Waals surface area contributed by atoms with Crippen molar-refractivity contribution in [3.05, 3.63) is 48.2 Å². The van der Waals surface area contributed by atoms with Gasteiger partial charge in [0.05, 0.1) is 0 Å². The van der Waals surface area contributed by atoms with E-state index >= 15 is 0 Å². The Labute approximate surface area is 90.1 Å². The van der Waals surface area contributed by atoms with Crippen LogP contribution in [0.2, 0.25) is 0 Å². The number of nitriles is 2. The molecular weight excluding hydrogens is 186 g/mol. The van der Waals surface area contributed by atoms with Gasteiger partial charge in [0.25, 0.3) is 0 Å². The molecule has 0 aliphatic carbocycles. The summed E-state index contributed by atoms with van der Waals surface area (Å²) in [7, 11) is 0. The summed E-state index contributed by atoms with van der Waals surface area (Å²) in [6, 6.07) is 3.66. The second-order valence-electron chi connectivity index (χ2n) is 2.83. The molecule has 0 aliphatic heterocycles. The summed E-state index contributed by atoms with van der Waals surface area (Å²) in [6.45, 7) is 7.11. The highest BCUT2D eigenvalue weighted by molar-refractivity contribution is 5.46. The van der Waals surface area contributed by atoms with Crippen LogP contribution in [0, 0.1) is 22.7 Å². The van der Waals surface area contributed by atoms with Gasteiger partial charge in [0, 0.05) is 12.1 Å². The van der Waals surface area contributed by atoms with Gasteiger partial charge in [-0.1, -0.05) is 12.2 Å². The predicted molar refractivity (Wildman–Crippen MR) is 60.2 cm³/mol. The molecule has 0 radical (unpaired) electrons. The lowest BCUT2D eigenvalue weighted by Gasteiger charge is -2.00. The van der Waals surface area contributed by atoms with Crippen LogP contribution in [0.1, 0.15) is 12.8 Å². The first-order chi connectivity index (χ1) is 7.19. The van der Waals surface area contributed by atoms with Crippen LogP contribution >= 0.6 is 0 Å². The third-order valence-corrected chi connectivity index (χ3v) is 1.65. The summed E-state index contributed by atoms with van der Waals surface area (Å²) in [6.07, 6.45) is 5.90. The normalized spacial score (nSPS) is 9.60. The summed E-state index contributed by atoms with van der Waals surface area (Å²) >= 11 is 0. The molecule has 0 fully saturated rings. The summed E-state index contributed by atoms with van der Waals surface area (Å²) in [5.74, 6) is 0. The van der Waals surface area contributed by atoms with Crippen LogP contribution in [0.5, 0.6) is 0 Å². The van der Waals surface area contributed by atoms with E-state index in [0.717, 1.165) is 0 Å². The van der Waals surface area contributed by atoms with Crippen LogP contribution in [0.15, 0.2) is 48.2 Å². The third kappa shape index (κ3) is 4.50. The standard InChI is InChI=1S/C12H13N3/c1-3-5-10(11(8-13)9-14)7-12(15)6-4-2/h3-4,7H,1-2,5-6,15H2. The molecule has 0 bridgehead atoms. The third-order valence-electron chi connectivity index (χ3n) is 1.65. The van der Waals surface area contributed by atoms with E-state index in [-0.39, 0.29) is 5.57 Å². The molecule has 0 aromatic carbocycles. The number of hydrogen-bond acceptors (Lipinski definition) is 3. The van der Waals surface area contributed by atoms with E-state index in [0.29, 0.717) is 24.1 Å². The number of rotatable bonds is 5. The Bertz CT molecular complexity index is 370. The molecule has 0 aromatic heterocycles. The molecule has 3 heteroatoms. The van der Waals surface area contributed by atoms with Gasteiger partial charge >= 0.3 is 0 Å². The van der Waals surface area contributed by atoms with Crippen molar-refractivity contribution < 1.29 is 0 Å². The van der Waals surface area contributed by atoms with Crippen LogP contribution in [0.25, 0.3) is 0 Å². The van der Waals surface area contributed by atoms with Gasteiger partial charge < -0.3 is 5.73 Å². The molecule has 0 aromatic rings. The van der Waals surface area contributed by atoms with Crippen molar-refractivity contribution in [2.24, 2.45) is 5.73 Å². The van der Waals surface area contributed by atoms with Crippen molar-refractivity contribution in [2.75, 3.05) is 0 Å². The van der Waals surface area contributed by atoms with Crippen molar-refractivity contribution >= 4 is 0 Å². The van der Waals surface area contributed by atoms with Crippen molar-refractivity contribution in [1.82, 2.24) is 0 Å². The van der Waals surface area contributed by atoms with Crippen LogP contribution in [0.4, 0.5) is 0 Å². The number of allylic oxidation sites excluding steroid dienone is 5. The molecule has 0 rings (SSSR count). The highest BCUT2D eigenvalue weighted by Crippen LogP contribution is 2.12. The molecule has 0 amide bonds. The monoisotopic (exact) mass is 199 g/mol. The van der Waals surface area contributed by atoms with Gasteiger partial charge in [-0.25, -0.2) is 0 Å². The lowest BCUT2D eigenvalue weighted by Crippen LogP contribution is -1.97. The molecule has 0 spiro atoms. The summed E-state index contributed by atoms with van der Waals surface area (Å²) in [4.78, 5) is 0. The highest BCUT2D eigenvalue weighted by atomic mass is 14.6. The van der Waals surface area contributed by atoms with Gasteiger partial charge in [-0.05, 0) is 18.1 Å². The van der Waals surface area contributed by atoms with Gasteiger partial charge in [-0.15, -0.1) is 13.2 Å². The van der Waals surface area contributed by atoms with Gasteiger partial charge in [0.15, 0.2) is 0 Å². The maximum atomic E-state index is 8.71. The number of nitrogens with two attached hydrogens (primary N) is 1. The molecule has 0 atom stereocenters. The fraction of sp³-hybridized carbons (Fsp3) is 0.167. The molecule has 0 heterocycles. The average molecular weight is 199 g/mol. The Morgan fingerprint density at radius 3 is 2.07 bits per heavy atom. The van der Waals surface area contributed by atoms with E-state index < -0.39 is 0 Å². The first-order valence-electron chi connectivity index (χ1n) is 4.40. The zero-order valence-corrected chi connectivity index (χ0v) is 8.53. The SMILES string of the molecule is C=CCC(N)=CC(CC=C)=C(C#N)C#N.